The quantitative estimate of drug-likeness (QED) is 0.146. The zero-order valence-corrected chi connectivity index (χ0v) is 23.4. The van der Waals surface area contributed by atoms with Crippen LogP contribution in [0.15, 0.2) is 36.7 Å². The van der Waals surface area contributed by atoms with Gasteiger partial charge in [-0.15, -0.1) is 0 Å². The predicted molar refractivity (Wildman–Crippen MR) is 152 cm³/mol. The maximum atomic E-state index is 14.1. The maximum absolute atomic E-state index is 14.1. The lowest BCUT2D eigenvalue weighted by Crippen LogP contribution is -2.15. The minimum absolute atomic E-state index is 0.0504. The SMILES string of the molecule is CCCCCCCCCCCCc1cnc(-c2ccc(OCC(F)CCC(F)CCCCC)cc2)nc1. The first-order valence-corrected chi connectivity index (χ1v) is 14.9. The minimum Gasteiger partial charge on any atom is -0.491 e. The van der Waals surface area contributed by atoms with Crippen LogP contribution in [0.5, 0.6) is 5.75 Å². The van der Waals surface area contributed by atoms with Gasteiger partial charge in [0.2, 0.25) is 0 Å². The Bertz CT molecular complexity index is 797. The van der Waals surface area contributed by atoms with E-state index in [0.29, 0.717) is 18.0 Å². The van der Waals surface area contributed by atoms with Gasteiger partial charge in [-0.1, -0.05) is 90.9 Å². The highest BCUT2D eigenvalue weighted by Crippen LogP contribution is 2.21. The molecule has 0 saturated carbocycles. The van der Waals surface area contributed by atoms with E-state index < -0.39 is 12.3 Å². The molecule has 2 aromatic rings. The second-order valence-corrected chi connectivity index (χ2v) is 10.4. The van der Waals surface area contributed by atoms with Gasteiger partial charge in [-0.25, -0.2) is 18.7 Å². The van der Waals surface area contributed by atoms with E-state index >= 15 is 0 Å². The van der Waals surface area contributed by atoms with E-state index in [0.717, 1.165) is 31.2 Å². The van der Waals surface area contributed by atoms with Crippen molar-refractivity contribution in [3.63, 3.8) is 0 Å². The first-order valence-electron chi connectivity index (χ1n) is 14.9. The number of alkyl halides is 2. The zero-order chi connectivity index (χ0) is 26.6. The van der Waals surface area contributed by atoms with Gasteiger partial charge in [0.15, 0.2) is 5.82 Å². The fourth-order valence-corrected chi connectivity index (χ4v) is 4.54. The van der Waals surface area contributed by atoms with E-state index in [1.165, 1.54) is 69.8 Å². The summed E-state index contributed by atoms with van der Waals surface area (Å²) in [4.78, 5) is 9.07. The van der Waals surface area contributed by atoms with Gasteiger partial charge < -0.3 is 4.74 Å². The molecule has 1 aromatic carbocycles. The third-order valence-electron chi connectivity index (χ3n) is 6.98. The highest BCUT2D eigenvalue weighted by Gasteiger charge is 2.13. The highest BCUT2D eigenvalue weighted by atomic mass is 19.1. The molecule has 208 valence electrons. The van der Waals surface area contributed by atoms with Crippen molar-refractivity contribution in [2.45, 2.75) is 135 Å². The van der Waals surface area contributed by atoms with E-state index in [1.54, 1.807) is 0 Å². The van der Waals surface area contributed by atoms with Crippen LogP contribution >= 0.6 is 0 Å². The Morgan fingerprint density at radius 1 is 0.649 bits per heavy atom. The molecule has 5 heteroatoms. The van der Waals surface area contributed by atoms with Crippen molar-refractivity contribution in [3.05, 3.63) is 42.2 Å². The van der Waals surface area contributed by atoms with Gasteiger partial charge in [-0.2, -0.15) is 0 Å². The van der Waals surface area contributed by atoms with Gasteiger partial charge >= 0.3 is 0 Å². The van der Waals surface area contributed by atoms with E-state index in [2.05, 4.69) is 23.8 Å². The Balaban J connectivity index is 1.61. The van der Waals surface area contributed by atoms with Crippen molar-refractivity contribution in [3.8, 4) is 17.1 Å². The summed E-state index contributed by atoms with van der Waals surface area (Å²) in [6.45, 7) is 4.31. The third kappa shape index (κ3) is 14.5. The molecular weight excluding hydrogens is 466 g/mol. The number of ether oxygens (including phenoxy) is 1. The number of nitrogens with zero attached hydrogens (tertiary/aromatic N) is 2. The molecule has 0 saturated heterocycles. The first kappa shape index (κ1) is 31.2. The standard InChI is InChI=1S/C32H50F2N2O/c1-3-5-7-8-9-10-11-12-13-15-16-27-24-35-32(36-25-27)28-18-22-31(23-19-28)37-26-30(34)21-20-29(33)17-14-6-4-2/h18-19,22-25,29-30H,3-17,20-21,26H2,1-2H3. The van der Waals surface area contributed by atoms with Crippen LogP contribution in [-0.4, -0.2) is 28.9 Å². The summed E-state index contributed by atoms with van der Waals surface area (Å²) in [6, 6.07) is 7.41. The van der Waals surface area contributed by atoms with Crippen molar-refractivity contribution in [2.75, 3.05) is 6.61 Å². The molecule has 1 aromatic heterocycles. The fraction of sp³-hybridized carbons (Fsp3) is 0.688. The van der Waals surface area contributed by atoms with Gasteiger partial charge in [0, 0.05) is 18.0 Å². The van der Waals surface area contributed by atoms with Gasteiger partial charge in [0.1, 0.15) is 24.7 Å². The van der Waals surface area contributed by atoms with Crippen molar-refractivity contribution >= 4 is 0 Å². The molecule has 37 heavy (non-hydrogen) atoms. The van der Waals surface area contributed by atoms with E-state index in [9.17, 15) is 8.78 Å². The molecule has 0 aliphatic rings. The van der Waals surface area contributed by atoms with Crippen LogP contribution in [0.4, 0.5) is 8.78 Å². The molecule has 0 bridgehead atoms. The smallest absolute Gasteiger partial charge is 0.159 e. The molecule has 0 radical (unpaired) electrons. The van der Waals surface area contributed by atoms with Gasteiger partial charge in [-0.3, -0.25) is 0 Å². The Hall–Kier alpha value is -2.04. The Morgan fingerprint density at radius 2 is 1.19 bits per heavy atom. The summed E-state index contributed by atoms with van der Waals surface area (Å²) in [5, 5.41) is 0. The van der Waals surface area contributed by atoms with Crippen molar-refractivity contribution in [1.82, 2.24) is 9.97 Å². The number of hydrogen-bond acceptors (Lipinski definition) is 3. The van der Waals surface area contributed by atoms with Crippen molar-refractivity contribution in [1.29, 1.82) is 0 Å². The Morgan fingerprint density at radius 3 is 1.81 bits per heavy atom. The Kier molecular flexibility index (Phi) is 16.8. The summed E-state index contributed by atoms with van der Waals surface area (Å²) in [5.41, 5.74) is 2.08. The Labute approximate surface area is 224 Å². The number of rotatable bonds is 22. The van der Waals surface area contributed by atoms with Gasteiger partial charge in [0.25, 0.3) is 0 Å². The summed E-state index contributed by atoms with van der Waals surface area (Å²) in [7, 11) is 0. The topological polar surface area (TPSA) is 35.0 Å². The summed E-state index contributed by atoms with van der Waals surface area (Å²) < 4.78 is 33.5. The molecule has 2 atom stereocenters. The molecule has 0 spiro atoms. The predicted octanol–water partition coefficient (Wildman–Crippen LogP) is 10.0. The monoisotopic (exact) mass is 516 g/mol. The number of unbranched alkanes of at least 4 members (excludes halogenated alkanes) is 11. The summed E-state index contributed by atoms with van der Waals surface area (Å²) in [5.74, 6) is 1.28. The molecule has 0 fully saturated rings. The molecule has 2 rings (SSSR count). The number of benzene rings is 1. The highest BCUT2D eigenvalue weighted by molar-refractivity contribution is 5.55. The third-order valence-corrected chi connectivity index (χ3v) is 6.98. The van der Waals surface area contributed by atoms with E-state index in [1.807, 2.05) is 36.7 Å². The van der Waals surface area contributed by atoms with Crippen LogP contribution in [0.1, 0.15) is 122 Å². The number of hydrogen-bond donors (Lipinski definition) is 0. The van der Waals surface area contributed by atoms with E-state index in [4.69, 9.17) is 4.74 Å². The zero-order valence-electron chi connectivity index (χ0n) is 23.4. The van der Waals surface area contributed by atoms with Crippen molar-refractivity contribution < 1.29 is 13.5 Å². The molecule has 3 nitrogen and oxygen atoms in total. The fourth-order valence-electron chi connectivity index (χ4n) is 4.54. The van der Waals surface area contributed by atoms with Crippen LogP contribution in [0, 0.1) is 0 Å². The summed E-state index contributed by atoms with van der Waals surface area (Å²) in [6.07, 6.45) is 20.2. The number of aromatic nitrogens is 2. The molecular formula is C32H50F2N2O. The molecule has 0 amide bonds. The van der Waals surface area contributed by atoms with Gasteiger partial charge in [-0.05, 0) is 61.9 Å². The molecule has 2 unspecified atom stereocenters. The lowest BCUT2D eigenvalue weighted by atomic mass is 10.0. The number of aryl methyl sites for hydroxylation is 1. The maximum Gasteiger partial charge on any atom is 0.159 e. The summed E-state index contributed by atoms with van der Waals surface area (Å²) >= 11 is 0. The average Bonchev–Trinajstić information content (AvgIpc) is 2.92. The van der Waals surface area contributed by atoms with Gasteiger partial charge in [0.05, 0.1) is 0 Å². The lowest BCUT2D eigenvalue weighted by molar-refractivity contribution is 0.168. The van der Waals surface area contributed by atoms with Crippen LogP contribution in [0.25, 0.3) is 11.4 Å². The largest absolute Gasteiger partial charge is 0.491 e. The normalized spacial score (nSPS) is 13.0. The van der Waals surface area contributed by atoms with Crippen LogP contribution < -0.4 is 4.74 Å². The van der Waals surface area contributed by atoms with Crippen LogP contribution in [-0.2, 0) is 6.42 Å². The second-order valence-electron chi connectivity index (χ2n) is 10.4. The number of halogens is 2. The molecule has 0 N–H and O–H groups in total. The van der Waals surface area contributed by atoms with Crippen LogP contribution in [0.3, 0.4) is 0 Å². The molecule has 1 heterocycles. The van der Waals surface area contributed by atoms with Crippen molar-refractivity contribution in [2.24, 2.45) is 0 Å². The first-order chi connectivity index (χ1) is 18.1. The van der Waals surface area contributed by atoms with E-state index in [-0.39, 0.29) is 19.4 Å². The van der Waals surface area contributed by atoms with Crippen LogP contribution in [0.2, 0.25) is 0 Å². The average molecular weight is 517 g/mol. The molecule has 0 aliphatic heterocycles. The molecule has 0 aliphatic carbocycles. The second kappa shape index (κ2) is 20.0. The minimum atomic E-state index is -1.16. The lowest BCUT2D eigenvalue weighted by Gasteiger charge is -2.12.